The molecule has 0 aliphatic rings. The molecule has 8 heteroatoms. The van der Waals surface area contributed by atoms with E-state index >= 15 is 0 Å². The summed E-state index contributed by atoms with van der Waals surface area (Å²) in [7, 11) is -1.72. The molecule has 0 saturated heterocycles. The maximum absolute atomic E-state index is 12.6. The van der Waals surface area contributed by atoms with E-state index in [0.717, 1.165) is 18.9 Å². The topological polar surface area (TPSA) is 82.1 Å². The largest absolute Gasteiger partial charge is 0.443 e. The number of hydrogen-bond acceptors (Lipinski definition) is 6. The fourth-order valence-electron chi connectivity index (χ4n) is 1.55. The molecule has 0 radical (unpaired) electrons. The summed E-state index contributed by atoms with van der Waals surface area (Å²) in [6, 6.07) is -1.04. The average Bonchev–Trinajstić information content (AvgIpc) is 2.35. The summed E-state index contributed by atoms with van der Waals surface area (Å²) in [6.07, 6.45) is 0.598. The first-order chi connectivity index (χ1) is 9.52. The third-order valence-corrected chi connectivity index (χ3v) is 4.35. The van der Waals surface area contributed by atoms with Crippen molar-refractivity contribution in [2.45, 2.75) is 45.8 Å². The van der Waals surface area contributed by atoms with Crippen LogP contribution in [0, 0.1) is 0 Å². The van der Waals surface area contributed by atoms with Crippen LogP contribution in [0.4, 0.5) is 4.79 Å². The molecule has 0 bridgehead atoms. The molecule has 0 aromatic carbocycles. The lowest BCUT2D eigenvalue weighted by molar-refractivity contribution is -0.121. The van der Waals surface area contributed by atoms with E-state index in [9.17, 15) is 14.2 Å². The number of ketones is 1. The van der Waals surface area contributed by atoms with Gasteiger partial charge in [-0.25, -0.2) is 14.0 Å². The van der Waals surface area contributed by atoms with Crippen LogP contribution in [0.2, 0.25) is 0 Å². The number of amides is 1. The zero-order valence-electron chi connectivity index (χ0n) is 13.4. The lowest BCUT2D eigenvalue weighted by Gasteiger charge is -2.34. The minimum Gasteiger partial charge on any atom is -0.443 e. The van der Waals surface area contributed by atoms with Crippen LogP contribution in [-0.2, 0) is 23.1 Å². The summed E-state index contributed by atoms with van der Waals surface area (Å²) < 4.78 is 28.2. The first-order valence-corrected chi connectivity index (χ1v) is 7.87. The van der Waals surface area contributed by atoms with Gasteiger partial charge in [0, 0.05) is 14.2 Å². The maximum Gasteiger partial charge on any atom is 0.440 e. The highest BCUT2D eigenvalue weighted by Crippen LogP contribution is 2.52. The van der Waals surface area contributed by atoms with Gasteiger partial charge in [0.1, 0.15) is 11.6 Å². The predicted molar refractivity (Wildman–Crippen MR) is 79.0 cm³/mol. The fraction of sp³-hybridized carbons (Fsp3) is 0.692. The van der Waals surface area contributed by atoms with Crippen LogP contribution >= 0.6 is 7.75 Å². The quantitative estimate of drug-likeness (QED) is 0.529. The Kier molecular flexibility index (Phi) is 7.30. The zero-order chi connectivity index (χ0) is 16.8. The third kappa shape index (κ3) is 5.61. The van der Waals surface area contributed by atoms with Gasteiger partial charge in [-0.1, -0.05) is 6.08 Å². The first kappa shape index (κ1) is 19.8. The predicted octanol–water partition coefficient (Wildman–Crippen LogP) is 3.16. The Bertz CT molecular complexity index is 434. The molecule has 0 aliphatic carbocycles. The van der Waals surface area contributed by atoms with Gasteiger partial charge in [0.05, 0.1) is 0 Å². The molecule has 0 rings (SSSR count). The molecule has 0 aromatic heterocycles. The van der Waals surface area contributed by atoms with E-state index in [4.69, 9.17) is 13.8 Å². The molecule has 21 heavy (non-hydrogen) atoms. The van der Waals surface area contributed by atoms with E-state index in [2.05, 4.69) is 6.58 Å². The molecule has 0 aromatic rings. The molecule has 0 N–H and O–H groups in total. The van der Waals surface area contributed by atoms with Gasteiger partial charge in [0.2, 0.25) is 0 Å². The smallest absolute Gasteiger partial charge is 0.440 e. The van der Waals surface area contributed by atoms with Gasteiger partial charge in [-0.05, 0) is 34.1 Å². The van der Waals surface area contributed by atoms with Gasteiger partial charge in [-0.15, -0.1) is 6.58 Å². The average molecular weight is 321 g/mol. The summed E-state index contributed by atoms with van der Waals surface area (Å²) in [5.74, 6) is -0.380. The van der Waals surface area contributed by atoms with Gasteiger partial charge >= 0.3 is 13.8 Å². The monoisotopic (exact) mass is 321 g/mol. The summed E-state index contributed by atoms with van der Waals surface area (Å²) in [4.78, 5) is 24.1. The van der Waals surface area contributed by atoms with E-state index in [-0.39, 0.29) is 12.2 Å². The highest BCUT2D eigenvalue weighted by Gasteiger charge is 2.44. The molecule has 0 saturated carbocycles. The Balaban J connectivity index is 5.76. The lowest BCUT2D eigenvalue weighted by Crippen LogP contribution is -2.44. The highest BCUT2D eigenvalue weighted by molar-refractivity contribution is 7.52. The number of hydrogen-bond donors (Lipinski definition) is 0. The highest BCUT2D eigenvalue weighted by atomic mass is 31.2. The van der Waals surface area contributed by atoms with Crippen molar-refractivity contribution in [2.75, 3.05) is 14.2 Å². The molecule has 1 amide bonds. The lowest BCUT2D eigenvalue weighted by atomic mass is 10.1. The van der Waals surface area contributed by atoms with E-state index in [0.29, 0.717) is 0 Å². The SMILES string of the molecule is C=CCC(C(C)=O)N(C(=O)OC(C)(C)C)P(=O)(OC)OC. The Hall–Kier alpha value is -1.17. The minimum absolute atomic E-state index is 0.102. The number of carbonyl (C=O) groups is 2. The second-order valence-corrected chi connectivity index (χ2v) is 7.41. The second kappa shape index (κ2) is 7.73. The Morgan fingerprint density at radius 3 is 2.05 bits per heavy atom. The van der Waals surface area contributed by atoms with Crippen LogP contribution in [0.3, 0.4) is 0 Å². The van der Waals surface area contributed by atoms with Crippen LogP contribution < -0.4 is 0 Å². The molecule has 7 nitrogen and oxygen atoms in total. The van der Waals surface area contributed by atoms with Crippen LogP contribution in [0.1, 0.15) is 34.1 Å². The summed E-state index contributed by atoms with van der Waals surface area (Å²) in [5, 5.41) is 0. The molecule has 122 valence electrons. The Labute approximate surface area is 125 Å². The van der Waals surface area contributed by atoms with Crippen molar-refractivity contribution in [1.29, 1.82) is 0 Å². The van der Waals surface area contributed by atoms with Crippen LogP contribution in [-0.4, -0.2) is 42.4 Å². The number of Topliss-reactive ketones (excluding diaryl/α,β-unsaturated/α-hetero) is 1. The molecule has 1 unspecified atom stereocenters. The normalized spacial score (nSPS) is 13.4. The van der Waals surface area contributed by atoms with Crippen molar-refractivity contribution in [2.24, 2.45) is 0 Å². The Morgan fingerprint density at radius 2 is 1.76 bits per heavy atom. The van der Waals surface area contributed by atoms with E-state index in [1.807, 2.05) is 0 Å². The minimum atomic E-state index is -3.98. The van der Waals surface area contributed by atoms with Gasteiger partial charge in [0.25, 0.3) is 0 Å². The van der Waals surface area contributed by atoms with Crippen molar-refractivity contribution in [3.05, 3.63) is 12.7 Å². The van der Waals surface area contributed by atoms with Crippen molar-refractivity contribution < 1.29 is 27.9 Å². The molecule has 0 heterocycles. The number of rotatable bonds is 7. The van der Waals surface area contributed by atoms with Gasteiger partial charge < -0.3 is 4.74 Å². The molecule has 1 atom stereocenters. The molecule has 0 aliphatic heterocycles. The van der Waals surface area contributed by atoms with Crippen molar-refractivity contribution in [3.63, 3.8) is 0 Å². The van der Waals surface area contributed by atoms with Crippen molar-refractivity contribution >= 4 is 19.6 Å². The third-order valence-electron chi connectivity index (χ3n) is 2.46. The van der Waals surface area contributed by atoms with E-state index < -0.39 is 25.5 Å². The van der Waals surface area contributed by atoms with Crippen molar-refractivity contribution in [3.8, 4) is 0 Å². The first-order valence-electron chi connectivity index (χ1n) is 6.38. The second-order valence-electron chi connectivity index (χ2n) is 5.31. The summed E-state index contributed by atoms with van der Waals surface area (Å²) in [6.45, 7) is 9.78. The van der Waals surface area contributed by atoms with Gasteiger partial charge in [0.15, 0.2) is 5.78 Å². The summed E-state index contributed by atoms with van der Waals surface area (Å²) in [5.41, 5.74) is -0.822. The molecule has 0 fully saturated rings. The van der Waals surface area contributed by atoms with Crippen LogP contribution in [0.25, 0.3) is 0 Å². The fourth-order valence-corrected chi connectivity index (χ4v) is 2.89. The standard InChI is InChI=1S/C13H24NO6P/c1-8-9-11(10(2)15)14(21(17,18-6)19-7)12(16)20-13(3,4)5/h8,11H,1,9H2,2-7H3. The van der Waals surface area contributed by atoms with Crippen molar-refractivity contribution in [1.82, 2.24) is 4.67 Å². The zero-order valence-corrected chi connectivity index (χ0v) is 14.3. The molecular formula is C13H24NO6P. The van der Waals surface area contributed by atoms with Gasteiger partial charge in [-0.3, -0.25) is 13.8 Å². The molecular weight excluding hydrogens is 297 g/mol. The van der Waals surface area contributed by atoms with E-state index in [1.165, 1.54) is 13.0 Å². The summed E-state index contributed by atoms with van der Waals surface area (Å²) >= 11 is 0. The maximum atomic E-state index is 12.6. The van der Waals surface area contributed by atoms with Crippen LogP contribution in [0.15, 0.2) is 12.7 Å². The van der Waals surface area contributed by atoms with E-state index in [1.54, 1.807) is 20.8 Å². The van der Waals surface area contributed by atoms with Crippen LogP contribution in [0.5, 0.6) is 0 Å². The number of ether oxygens (including phenoxy) is 1. The molecule has 0 spiro atoms. The number of nitrogens with zero attached hydrogens (tertiary/aromatic N) is 1. The Morgan fingerprint density at radius 1 is 1.29 bits per heavy atom. The van der Waals surface area contributed by atoms with Gasteiger partial charge in [-0.2, -0.15) is 0 Å². The number of carbonyl (C=O) groups excluding carboxylic acids is 2.